The van der Waals surface area contributed by atoms with Crippen LogP contribution in [-0.2, 0) is 0 Å². The van der Waals surface area contributed by atoms with Crippen molar-refractivity contribution >= 4 is 11.7 Å². The van der Waals surface area contributed by atoms with Gasteiger partial charge in [0.2, 0.25) is 0 Å². The first-order valence-corrected chi connectivity index (χ1v) is 7.88. The summed E-state index contributed by atoms with van der Waals surface area (Å²) < 4.78 is 0. The topological polar surface area (TPSA) is 32.3 Å². The molecule has 0 aliphatic carbocycles. The number of amides is 2. The second kappa shape index (κ2) is 5.55. The van der Waals surface area contributed by atoms with Crippen molar-refractivity contribution in [3.05, 3.63) is 41.0 Å². The van der Waals surface area contributed by atoms with Gasteiger partial charge in [-0.1, -0.05) is 17.7 Å². The molecule has 1 N–H and O–H groups in total. The van der Waals surface area contributed by atoms with Crippen LogP contribution in [0, 0.1) is 13.8 Å². The lowest BCUT2D eigenvalue weighted by molar-refractivity contribution is 0.174. The lowest BCUT2D eigenvalue weighted by Crippen LogP contribution is -2.46. The summed E-state index contributed by atoms with van der Waals surface area (Å²) in [5, 5.41) is 3.09. The Labute approximate surface area is 127 Å². The fourth-order valence-electron chi connectivity index (χ4n) is 3.85. The fraction of sp³-hybridized carbons (Fsp3) is 0.500. The maximum Gasteiger partial charge on any atom is 0.322 e. The molecule has 2 heterocycles. The van der Waals surface area contributed by atoms with E-state index in [0.717, 1.165) is 31.4 Å². The van der Waals surface area contributed by atoms with Gasteiger partial charge in [0.25, 0.3) is 0 Å². The van der Waals surface area contributed by atoms with Crippen molar-refractivity contribution in [2.24, 2.45) is 0 Å². The minimum Gasteiger partial charge on any atom is -0.318 e. The van der Waals surface area contributed by atoms with Gasteiger partial charge in [-0.05, 0) is 69.7 Å². The van der Waals surface area contributed by atoms with E-state index in [4.69, 9.17) is 0 Å². The summed E-state index contributed by atoms with van der Waals surface area (Å²) in [6, 6.07) is 7.05. The van der Waals surface area contributed by atoms with E-state index < -0.39 is 0 Å². The molecule has 1 aromatic rings. The molecule has 2 amide bonds. The first-order chi connectivity index (χ1) is 10.1. The summed E-state index contributed by atoms with van der Waals surface area (Å²) in [5.74, 6) is 0. The van der Waals surface area contributed by atoms with Gasteiger partial charge in [-0.2, -0.15) is 0 Å². The highest BCUT2D eigenvalue weighted by molar-refractivity contribution is 5.90. The van der Waals surface area contributed by atoms with E-state index in [-0.39, 0.29) is 6.03 Å². The molecule has 3 nitrogen and oxygen atoms in total. The third kappa shape index (κ3) is 2.82. The van der Waals surface area contributed by atoms with Gasteiger partial charge in [0.05, 0.1) is 0 Å². The number of nitrogens with one attached hydrogen (secondary N) is 1. The Hall–Kier alpha value is -1.77. The zero-order valence-electron chi connectivity index (χ0n) is 13.1. The Kier molecular flexibility index (Phi) is 3.75. The van der Waals surface area contributed by atoms with Gasteiger partial charge in [0, 0.05) is 17.8 Å². The van der Waals surface area contributed by atoms with Crippen LogP contribution in [0.5, 0.6) is 0 Å². The number of carbonyl (C=O) groups is 1. The molecular formula is C18H24N2O. The van der Waals surface area contributed by atoms with Crippen LogP contribution in [0.1, 0.15) is 43.7 Å². The molecule has 0 aromatic heterocycles. The summed E-state index contributed by atoms with van der Waals surface area (Å²) in [5.41, 5.74) is 4.79. The molecule has 0 saturated carbocycles. The van der Waals surface area contributed by atoms with Gasteiger partial charge >= 0.3 is 6.03 Å². The summed E-state index contributed by atoms with van der Waals surface area (Å²) in [6.45, 7) is 6.23. The number of allylic oxidation sites excluding steroid dienone is 1. The van der Waals surface area contributed by atoms with E-state index in [1.165, 1.54) is 16.7 Å². The van der Waals surface area contributed by atoms with Crippen LogP contribution in [0.4, 0.5) is 10.5 Å². The number of carbonyl (C=O) groups excluding carboxylic acids is 1. The van der Waals surface area contributed by atoms with Gasteiger partial charge < -0.3 is 10.2 Å². The lowest BCUT2D eigenvalue weighted by atomic mass is 9.97. The smallest absolute Gasteiger partial charge is 0.318 e. The third-order valence-electron chi connectivity index (χ3n) is 4.73. The number of nitrogens with zero attached hydrogens (tertiary/aromatic N) is 1. The van der Waals surface area contributed by atoms with E-state index in [1.54, 1.807) is 0 Å². The van der Waals surface area contributed by atoms with Crippen molar-refractivity contribution in [1.29, 1.82) is 0 Å². The summed E-state index contributed by atoms with van der Waals surface area (Å²) in [4.78, 5) is 14.7. The Morgan fingerprint density at radius 2 is 1.71 bits per heavy atom. The van der Waals surface area contributed by atoms with Crippen LogP contribution < -0.4 is 5.32 Å². The van der Waals surface area contributed by atoms with Gasteiger partial charge in [-0.25, -0.2) is 4.79 Å². The first kappa shape index (κ1) is 14.2. The minimum absolute atomic E-state index is 0.0719. The maximum atomic E-state index is 12.6. The highest BCUT2D eigenvalue weighted by Crippen LogP contribution is 2.38. The molecular weight excluding hydrogens is 260 g/mol. The van der Waals surface area contributed by atoms with Crippen LogP contribution in [0.3, 0.4) is 0 Å². The molecule has 2 saturated heterocycles. The molecule has 21 heavy (non-hydrogen) atoms. The molecule has 112 valence electrons. The SMILES string of the molecule is CC=C1CC2CCC(C1)N2C(=O)Nc1cc(C)cc(C)c1. The monoisotopic (exact) mass is 284 g/mol. The molecule has 1 aromatic carbocycles. The second-order valence-electron chi connectivity index (χ2n) is 6.45. The fourth-order valence-corrected chi connectivity index (χ4v) is 3.85. The van der Waals surface area contributed by atoms with Gasteiger partial charge in [0.15, 0.2) is 0 Å². The molecule has 2 atom stereocenters. The summed E-state index contributed by atoms with van der Waals surface area (Å²) in [7, 11) is 0. The number of piperidine rings is 1. The van der Waals surface area contributed by atoms with E-state index >= 15 is 0 Å². The number of fused-ring (bicyclic) bond motifs is 2. The molecule has 3 heteroatoms. The van der Waals surface area contributed by atoms with E-state index in [0.29, 0.717) is 12.1 Å². The maximum absolute atomic E-state index is 12.6. The van der Waals surface area contributed by atoms with E-state index in [1.807, 2.05) is 12.1 Å². The lowest BCUT2D eigenvalue weighted by Gasteiger charge is -2.36. The molecule has 2 unspecified atom stereocenters. The minimum atomic E-state index is 0.0719. The van der Waals surface area contributed by atoms with Crippen molar-refractivity contribution in [2.75, 3.05) is 5.32 Å². The Balaban J connectivity index is 1.74. The van der Waals surface area contributed by atoms with Crippen LogP contribution in [0.25, 0.3) is 0 Å². The number of hydrogen-bond donors (Lipinski definition) is 1. The van der Waals surface area contributed by atoms with Crippen molar-refractivity contribution in [3.63, 3.8) is 0 Å². The quantitative estimate of drug-likeness (QED) is 0.761. The standard InChI is InChI=1S/C18H24N2O/c1-4-14-10-16-5-6-17(11-14)20(16)18(21)19-15-8-12(2)7-13(3)9-15/h4,7-9,16-17H,5-6,10-11H2,1-3H3,(H,19,21). The second-order valence-corrected chi connectivity index (χ2v) is 6.45. The highest BCUT2D eigenvalue weighted by atomic mass is 16.2. The average molecular weight is 284 g/mol. The van der Waals surface area contributed by atoms with Crippen LogP contribution in [0.2, 0.25) is 0 Å². The Morgan fingerprint density at radius 1 is 1.14 bits per heavy atom. The number of hydrogen-bond acceptors (Lipinski definition) is 1. The number of benzene rings is 1. The number of rotatable bonds is 1. The zero-order valence-corrected chi connectivity index (χ0v) is 13.1. The van der Waals surface area contributed by atoms with Crippen LogP contribution >= 0.6 is 0 Å². The van der Waals surface area contributed by atoms with Gasteiger partial charge in [0.1, 0.15) is 0 Å². The number of urea groups is 1. The van der Waals surface area contributed by atoms with Crippen LogP contribution in [0.15, 0.2) is 29.8 Å². The average Bonchev–Trinajstić information content (AvgIpc) is 2.68. The molecule has 2 fully saturated rings. The summed E-state index contributed by atoms with van der Waals surface area (Å²) >= 11 is 0. The van der Waals surface area contributed by atoms with Crippen LogP contribution in [-0.4, -0.2) is 23.0 Å². The summed E-state index contributed by atoms with van der Waals surface area (Å²) in [6.07, 6.45) is 6.61. The highest BCUT2D eigenvalue weighted by Gasteiger charge is 2.41. The first-order valence-electron chi connectivity index (χ1n) is 7.88. The van der Waals surface area contributed by atoms with E-state index in [9.17, 15) is 4.79 Å². The number of aryl methyl sites for hydroxylation is 2. The molecule has 2 aliphatic rings. The van der Waals surface area contributed by atoms with Gasteiger partial charge in [-0.15, -0.1) is 0 Å². The predicted octanol–water partition coefficient (Wildman–Crippen LogP) is 4.41. The molecule has 2 aliphatic heterocycles. The third-order valence-corrected chi connectivity index (χ3v) is 4.73. The largest absolute Gasteiger partial charge is 0.322 e. The molecule has 3 rings (SSSR count). The molecule has 0 spiro atoms. The molecule has 0 radical (unpaired) electrons. The van der Waals surface area contributed by atoms with Crippen molar-refractivity contribution < 1.29 is 4.79 Å². The van der Waals surface area contributed by atoms with Crippen molar-refractivity contribution in [3.8, 4) is 0 Å². The van der Waals surface area contributed by atoms with Crippen molar-refractivity contribution in [2.45, 2.75) is 58.5 Å². The van der Waals surface area contributed by atoms with Gasteiger partial charge in [-0.3, -0.25) is 0 Å². The van der Waals surface area contributed by atoms with E-state index in [2.05, 4.69) is 43.1 Å². The number of anilines is 1. The zero-order chi connectivity index (χ0) is 15.0. The predicted molar refractivity (Wildman–Crippen MR) is 86.6 cm³/mol. The normalized spacial score (nSPS) is 24.1. The van der Waals surface area contributed by atoms with Crippen molar-refractivity contribution in [1.82, 2.24) is 4.90 Å². The molecule has 2 bridgehead atoms. The Bertz CT molecular complexity index is 555. The Morgan fingerprint density at radius 3 is 2.24 bits per heavy atom.